The normalized spacial score (nSPS) is 10.9. The van der Waals surface area contributed by atoms with E-state index in [2.05, 4.69) is 47.2 Å². The number of aliphatic hydroxyl groups is 1. The fourth-order valence-electron chi connectivity index (χ4n) is 4.26. The molecule has 4 rings (SSSR count). The van der Waals surface area contributed by atoms with Crippen molar-refractivity contribution in [3.8, 4) is 35.3 Å². The molecule has 1 N–H and O–H groups in total. The third-order valence-electron chi connectivity index (χ3n) is 6.38. The summed E-state index contributed by atoms with van der Waals surface area (Å²) in [6, 6.07) is 5.30. The van der Waals surface area contributed by atoms with Crippen LogP contribution in [0.3, 0.4) is 0 Å². The van der Waals surface area contributed by atoms with E-state index in [1.165, 1.54) is 38.5 Å². The summed E-state index contributed by atoms with van der Waals surface area (Å²) >= 11 is 0. The molecule has 0 unspecified atom stereocenters. The number of terminal acetylenes is 1. The molecule has 0 saturated heterocycles. The quantitative estimate of drug-likeness (QED) is 0.155. The Hall–Kier alpha value is -3.44. The van der Waals surface area contributed by atoms with Crippen molar-refractivity contribution in [2.24, 2.45) is 0 Å². The maximum atomic E-state index is 14.5. The van der Waals surface area contributed by atoms with Gasteiger partial charge in [0.25, 0.3) is 0 Å². The summed E-state index contributed by atoms with van der Waals surface area (Å²) < 4.78 is 62.1. The maximum Gasteiger partial charge on any atom is 1.00 e. The van der Waals surface area contributed by atoms with Crippen LogP contribution in [0.25, 0.3) is 21.8 Å². The van der Waals surface area contributed by atoms with Crippen molar-refractivity contribution in [3.63, 3.8) is 0 Å². The van der Waals surface area contributed by atoms with Gasteiger partial charge in [0, 0.05) is 43.7 Å². The first-order chi connectivity index (χ1) is 25.6. The van der Waals surface area contributed by atoms with Gasteiger partial charge < -0.3 is 38.2 Å². The molecule has 0 fully saturated rings. The molecule has 0 saturated carbocycles. The molecule has 0 radical (unpaired) electrons. The molecule has 13 nitrogen and oxygen atoms in total. The fraction of sp³-hybridized carbons (Fsp3) is 0.487. The number of hydrogen-bond acceptors (Lipinski definition) is 11. The van der Waals surface area contributed by atoms with Gasteiger partial charge in [-0.1, -0.05) is 25.6 Å². The average Bonchev–Trinajstić information content (AvgIpc) is 3.60. The molecular formula is C39H52F3KN4O9Si. The third-order valence-corrected chi connectivity index (χ3v) is 7.26. The van der Waals surface area contributed by atoms with E-state index in [4.69, 9.17) is 40.0 Å². The topological polar surface area (TPSA) is 145 Å². The number of carbonyl (C=O) groups is 2. The molecule has 308 valence electrons. The molecule has 0 aliphatic heterocycles. The second-order valence-electron chi connectivity index (χ2n) is 14.7. The van der Waals surface area contributed by atoms with Crippen molar-refractivity contribution in [3.05, 3.63) is 47.3 Å². The zero-order valence-electron chi connectivity index (χ0n) is 35.1. The minimum atomic E-state index is -1.69. The first-order valence-electron chi connectivity index (χ1n) is 17.3. The summed E-state index contributed by atoms with van der Waals surface area (Å²) in [4.78, 5) is 24.9. The summed E-state index contributed by atoms with van der Waals surface area (Å²) in [6.07, 6.45) is 4.03. The van der Waals surface area contributed by atoms with Crippen LogP contribution >= 0.6 is 0 Å². The van der Waals surface area contributed by atoms with Gasteiger partial charge in [-0.15, -0.1) is 12.0 Å². The largest absolute Gasteiger partial charge is 1.00 e. The number of hydrogen-bond donors (Lipinski definition) is 1. The molecule has 0 spiro atoms. The molecule has 57 heavy (non-hydrogen) atoms. The van der Waals surface area contributed by atoms with Crippen LogP contribution in [0, 0.1) is 35.4 Å². The summed E-state index contributed by atoms with van der Waals surface area (Å²) in [5.41, 5.74) is 2.97. The van der Waals surface area contributed by atoms with Gasteiger partial charge in [0.2, 0.25) is 0 Å². The number of halogens is 3. The minimum absolute atomic E-state index is 0. The summed E-state index contributed by atoms with van der Waals surface area (Å²) in [5, 5.41) is 16.7. The van der Waals surface area contributed by atoms with Crippen LogP contribution in [-0.4, -0.2) is 103 Å². The molecule has 2 aromatic carbocycles. The van der Waals surface area contributed by atoms with Crippen molar-refractivity contribution in [1.29, 1.82) is 0 Å². The number of nitrogens with zero attached hydrogens (tertiary/aromatic N) is 4. The van der Waals surface area contributed by atoms with E-state index >= 15 is 0 Å². The van der Waals surface area contributed by atoms with Crippen LogP contribution in [0.5, 0.6) is 11.5 Å². The first-order valence-corrected chi connectivity index (χ1v) is 20.8. The predicted molar refractivity (Wildman–Crippen MR) is 208 cm³/mol. The Labute approximate surface area is 375 Å². The van der Waals surface area contributed by atoms with Gasteiger partial charge in [-0.25, -0.2) is 18.4 Å². The van der Waals surface area contributed by atoms with Gasteiger partial charge in [0.05, 0.1) is 24.2 Å². The summed E-state index contributed by atoms with van der Waals surface area (Å²) in [6.45, 7) is 19.7. The number of benzene rings is 2. The number of aliphatic hydroxyl groups excluding tert-OH is 1. The zero-order valence-corrected chi connectivity index (χ0v) is 39.2. The van der Waals surface area contributed by atoms with Gasteiger partial charge >= 0.3 is 63.6 Å². The SMILES string of the molecule is C#Cc1nn(C(=O)OC(C)(C)C)c2cc(OCCOC)c(F)cc12.CCO.COCCOc1cc2c(cc1F)c(C#C[Si](C)(C)C)nn2C(=O)OC(C)(C)C.[F-].[K+]. The molecule has 0 bridgehead atoms. The molecule has 0 amide bonds. The van der Waals surface area contributed by atoms with Crippen molar-refractivity contribution < 1.29 is 108 Å². The molecule has 2 aromatic heterocycles. The van der Waals surface area contributed by atoms with Gasteiger partial charge in [0.1, 0.15) is 43.9 Å². The van der Waals surface area contributed by atoms with Crippen molar-refractivity contribution >= 4 is 42.1 Å². The Balaban J connectivity index is 0.00000100. The number of aromatic nitrogens is 4. The van der Waals surface area contributed by atoms with Crippen LogP contribution in [-0.2, 0) is 18.9 Å². The van der Waals surface area contributed by atoms with Crippen molar-refractivity contribution in [2.75, 3.05) is 47.3 Å². The van der Waals surface area contributed by atoms with Crippen LogP contribution in [0.15, 0.2) is 24.3 Å². The molecular weight excluding hydrogens is 793 g/mol. The molecule has 0 aliphatic carbocycles. The van der Waals surface area contributed by atoms with Crippen LogP contribution < -0.4 is 65.6 Å². The Kier molecular flexibility index (Phi) is 22.4. The van der Waals surface area contributed by atoms with Crippen LogP contribution in [0.1, 0.15) is 59.9 Å². The Morgan fingerprint density at radius 2 is 1.14 bits per heavy atom. The molecule has 18 heteroatoms. The number of fused-ring (bicyclic) bond motifs is 2. The van der Waals surface area contributed by atoms with Crippen molar-refractivity contribution in [2.45, 2.75) is 79.3 Å². The van der Waals surface area contributed by atoms with Crippen molar-refractivity contribution in [1.82, 2.24) is 19.6 Å². The second-order valence-corrected chi connectivity index (χ2v) is 19.5. The van der Waals surface area contributed by atoms with E-state index in [1.807, 2.05) is 0 Å². The van der Waals surface area contributed by atoms with Gasteiger partial charge in [-0.05, 0) is 66.5 Å². The third kappa shape index (κ3) is 17.1. The standard InChI is InChI=1S/C20H27FN2O4Si.C17H19FN2O4.C2H6O.FH.K/c1-20(2,3)27-19(24)23-17-13-18(26-10-9-25-4)15(21)12-14(17)16(22-23)8-11-28(5,6)7;1-6-13-11-9-12(18)15(23-8-7-22-5)10-14(11)20(19-13)16(21)24-17(2,3)4;1-2-3;;/h12-13H,9-10H2,1-7H3;1,9-10H,7-8H2,2-5H3;3H,2H2,1H3;1H;/q;;;;+1/p-1. The van der Waals surface area contributed by atoms with Crippen LogP contribution in [0.4, 0.5) is 18.4 Å². The zero-order chi connectivity index (χ0) is 41.7. The number of rotatable bonds is 8. The molecule has 0 atom stereocenters. The summed E-state index contributed by atoms with van der Waals surface area (Å²) in [5.74, 6) is 4.19. The monoisotopic (exact) mass is 844 g/mol. The molecule has 2 heterocycles. The fourth-order valence-corrected chi connectivity index (χ4v) is 4.75. The Morgan fingerprint density at radius 1 is 0.772 bits per heavy atom. The van der Waals surface area contributed by atoms with Gasteiger partial charge in [-0.3, -0.25) is 0 Å². The van der Waals surface area contributed by atoms with E-state index in [1.54, 1.807) is 48.5 Å². The van der Waals surface area contributed by atoms with E-state index in [0.29, 0.717) is 40.7 Å². The Bertz CT molecular complexity index is 2050. The average molecular weight is 845 g/mol. The second kappa shape index (κ2) is 23.8. The van der Waals surface area contributed by atoms with Crippen LogP contribution in [0.2, 0.25) is 19.6 Å². The first kappa shape index (κ1) is 53.6. The smallest absolute Gasteiger partial charge is 1.00 e. The van der Waals surface area contributed by atoms with Gasteiger partial charge in [-0.2, -0.15) is 19.6 Å². The number of carbonyl (C=O) groups excluding carboxylic acids is 2. The minimum Gasteiger partial charge on any atom is -1.00 e. The summed E-state index contributed by atoms with van der Waals surface area (Å²) in [7, 11) is 1.36. The molecule has 4 aromatic rings. The number of ether oxygens (including phenoxy) is 6. The number of methoxy groups -OCH3 is 2. The Morgan fingerprint density at radius 3 is 1.47 bits per heavy atom. The molecule has 0 aliphatic rings. The van der Waals surface area contributed by atoms with E-state index in [0.717, 1.165) is 9.36 Å². The predicted octanol–water partition coefficient (Wildman–Crippen LogP) is 1.18. The van der Waals surface area contributed by atoms with E-state index in [9.17, 15) is 18.4 Å². The maximum absolute atomic E-state index is 14.5. The van der Waals surface area contributed by atoms with Gasteiger partial charge in [0.15, 0.2) is 23.1 Å². The van der Waals surface area contributed by atoms with E-state index < -0.39 is 43.1 Å². The van der Waals surface area contributed by atoms with E-state index in [-0.39, 0.29) is 93.1 Å².